The van der Waals surface area contributed by atoms with E-state index < -0.39 is 0 Å². The number of para-hydroxylation sites is 5. The highest BCUT2D eigenvalue weighted by molar-refractivity contribution is 6.89. The number of nitrogens with zero attached hydrogens (tertiary/aromatic N) is 2. The summed E-state index contributed by atoms with van der Waals surface area (Å²) < 4.78 is 19.0. The quantitative estimate of drug-likeness (QED) is 0.169. The Hall–Kier alpha value is -7.76. The highest BCUT2D eigenvalue weighted by Gasteiger charge is 2.39. The Morgan fingerprint density at radius 2 is 0.915 bits per heavy atom. The second-order valence-corrected chi connectivity index (χ2v) is 15.9. The van der Waals surface area contributed by atoms with Crippen LogP contribution in [-0.4, -0.2) is 15.9 Å². The molecule has 0 spiro atoms. The lowest BCUT2D eigenvalue weighted by molar-refractivity contribution is 0.670. The van der Waals surface area contributed by atoms with Crippen molar-refractivity contribution in [1.29, 1.82) is 0 Å². The van der Waals surface area contributed by atoms with Gasteiger partial charge in [0, 0.05) is 60.2 Å². The molecule has 0 N–H and O–H groups in total. The maximum Gasteiger partial charge on any atom is 0.332 e. The Morgan fingerprint density at radius 1 is 0.373 bits per heavy atom. The Bertz CT molecular complexity index is 3810. The van der Waals surface area contributed by atoms with Gasteiger partial charge in [-0.3, -0.25) is 0 Å². The van der Waals surface area contributed by atoms with E-state index in [-0.39, 0.29) is 6.85 Å². The number of rotatable bonds is 3. The van der Waals surface area contributed by atoms with Crippen LogP contribution in [0.15, 0.2) is 197 Å². The third-order valence-electron chi connectivity index (χ3n) is 12.9. The zero-order valence-electron chi connectivity index (χ0n) is 31.7. The van der Waals surface area contributed by atoms with Crippen LogP contribution in [0.3, 0.4) is 0 Å². The standard InChI is InChI=1S/C54H31BN2O2/c1-3-15-32(16-4-1)34-21-13-23-38-39-24-14-22-35(33-17-5-2-6-18-33)51(39)57(50(34)38)55-42-25-9-10-26-44(42)56-45-30-29-40-36-19-7-11-27-46(36)58-53(40)48(45)49-52(56)43(55)31-41-37-20-8-12-28-47(37)59-54(41)49/h1-31H. The van der Waals surface area contributed by atoms with Crippen molar-refractivity contribution in [2.24, 2.45) is 0 Å². The molecule has 0 saturated heterocycles. The van der Waals surface area contributed by atoms with Crippen LogP contribution in [-0.2, 0) is 0 Å². The predicted octanol–water partition coefficient (Wildman–Crippen LogP) is 13.0. The van der Waals surface area contributed by atoms with Crippen molar-refractivity contribution in [2.75, 3.05) is 0 Å². The van der Waals surface area contributed by atoms with Crippen molar-refractivity contribution in [3.63, 3.8) is 0 Å². The fourth-order valence-corrected chi connectivity index (χ4v) is 10.6. The molecule has 1 aliphatic heterocycles. The monoisotopic (exact) mass is 750 g/mol. The van der Waals surface area contributed by atoms with Gasteiger partial charge in [0.15, 0.2) is 0 Å². The largest absolute Gasteiger partial charge is 0.455 e. The second-order valence-electron chi connectivity index (χ2n) is 15.9. The molecule has 0 unspecified atom stereocenters. The molecule has 0 aliphatic carbocycles. The third-order valence-corrected chi connectivity index (χ3v) is 12.9. The maximum atomic E-state index is 6.98. The first kappa shape index (κ1) is 31.3. The van der Waals surface area contributed by atoms with Crippen LogP contribution < -0.4 is 10.9 Å². The molecule has 272 valence electrons. The lowest BCUT2D eigenvalue weighted by atomic mass is 9.48. The molecule has 4 aromatic heterocycles. The number of hydrogen-bond donors (Lipinski definition) is 0. The molecule has 0 radical (unpaired) electrons. The lowest BCUT2D eigenvalue weighted by Gasteiger charge is -2.29. The summed E-state index contributed by atoms with van der Waals surface area (Å²) in [6.45, 7) is -0.204. The first-order valence-electron chi connectivity index (χ1n) is 20.3. The Kier molecular flexibility index (Phi) is 6.07. The number of aromatic nitrogens is 2. The lowest BCUT2D eigenvalue weighted by Crippen LogP contribution is -2.53. The Balaban J connectivity index is 1.24. The van der Waals surface area contributed by atoms with E-state index in [1.807, 2.05) is 0 Å². The molecule has 13 aromatic rings. The van der Waals surface area contributed by atoms with Crippen LogP contribution in [0.25, 0.3) is 115 Å². The first-order valence-corrected chi connectivity index (χ1v) is 20.3. The Labute approximate surface area is 337 Å². The van der Waals surface area contributed by atoms with Crippen LogP contribution in [0.4, 0.5) is 0 Å². The minimum atomic E-state index is -0.204. The summed E-state index contributed by atoms with van der Waals surface area (Å²) in [5, 5.41) is 9.05. The highest BCUT2D eigenvalue weighted by atomic mass is 16.3. The number of hydrogen-bond acceptors (Lipinski definition) is 2. The minimum absolute atomic E-state index is 0.204. The highest BCUT2D eigenvalue weighted by Crippen LogP contribution is 2.47. The number of benzene rings is 9. The van der Waals surface area contributed by atoms with Gasteiger partial charge in [0.05, 0.1) is 21.8 Å². The summed E-state index contributed by atoms with van der Waals surface area (Å²) in [5.74, 6) is 0. The van der Waals surface area contributed by atoms with Gasteiger partial charge in [0.2, 0.25) is 0 Å². The van der Waals surface area contributed by atoms with Crippen molar-refractivity contribution in [1.82, 2.24) is 9.05 Å². The summed E-state index contributed by atoms with van der Waals surface area (Å²) >= 11 is 0. The van der Waals surface area contributed by atoms with Crippen LogP contribution in [0.2, 0.25) is 0 Å². The summed E-state index contributed by atoms with van der Waals surface area (Å²) in [7, 11) is 0. The van der Waals surface area contributed by atoms with Gasteiger partial charge in [0.25, 0.3) is 0 Å². The average molecular weight is 751 g/mol. The average Bonchev–Trinajstić information content (AvgIpc) is 4.06. The van der Waals surface area contributed by atoms with Gasteiger partial charge in [-0.25, -0.2) is 0 Å². The molecule has 5 heterocycles. The minimum Gasteiger partial charge on any atom is -0.455 e. The topological polar surface area (TPSA) is 36.1 Å². The van der Waals surface area contributed by atoms with E-state index in [0.717, 1.165) is 71.4 Å². The Morgan fingerprint density at radius 3 is 1.58 bits per heavy atom. The van der Waals surface area contributed by atoms with Crippen LogP contribution >= 0.6 is 0 Å². The van der Waals surface area contributed by atoms with E-state index in [9.17, 15) is 0 Å². The molecule has 14 rings (SSSR count). The van der Waals surface area contributed by atoms with Crippen molar-refractivity contribution in [2.45, 2.75) is 0 Å². The fourth-order valence-electron chi connectivity index (χ4n) is 10.6. The second kappa shape index (κ2) is 11.4. The molecule has 0 fully saturated rings. The zero-order chi connectivity index (χ0) is 38.3. The summed E-state index contributed by atoms with van der Waals surface area (Å²) in [6, 6.07) is 68.2. The van der Waals surface area contributed by atoms with Gasteiger partial charge >= 0.3 is 6.85 Å². The van der Waals surface area contributed by atoms with Crippen molar-refractivity contribution < 1.29 is 8.83 Å². The maximum absolute atomic E-state index is 6.98. The van der Waals surface area contributed by atoms with E-state index in [2.05, 4.69) is 197 Å². The molecule has 0 amide bonds. The smallest absolute Gasteiger partial charge is 0.332 e. The fraction of sp³-hybridized carbons (Fsp3) is 0. The zero-order valence-corrected chi connectivity index (χ0v) is 31.7. The normalized spacial score (nSPS) is 12.7. The van der Waals surface area contributed by atoms with Gasteiger partial charge in [-0.1, -0.05) is 158 Å². The molecule has 0 bridgehead atoms. The number of furan rings is 2. The van der Waals surface area contributed by atoms with Gasteiger partial charge in [0.1, 0.15) is 22.3 Å². The molecule has 0 saturated carbocycles. The summed E-state index contributed by atoms with van der Waals surface area (Å²) in [5.41, 5.74) is 16.6. The van der Waals surface area contributed by atoms with Crippen LogP contribution in [0.5, 0.6) is 0 Å². The van der Waals surface area contributed by atoms with Gasteiger partial charge in [-0.05, 0) is 52.4 Å². The first-order chi connectivity index (χ1) is 29.3. The predicted molar refractivity (Wildman–Crippen MR) is 246 cm³/mol. The number of fused-ring (bicyclic) bond motifs is 16. The van der Waals surface area contributed by atoms with Crippen LogP contribution in [0.1, 0.15) is 0 Å². The van der Waals surface area contributed by atoms with E-state index >= 15 is 0 Å². The summed E-state index contributed by atoms with van der Waals surface area (Å²) in [4.78, 5) is 0. The SMILES string of the molecule is c1ccc(-c2cccc3c4cccc(-c5ccccc5)c4n(B4c5ccccc5-n5c6ccc7c8ccccc8oc7c6c6c7oc8ccccc8c7cc4c65)c23)cc1. The van der Waals surface area contributed by atoms with Crippen molar-refractivity contribution in [3.05, 3.63) is 188 Å². The summed E-state index contributed by atoms with van der Waals surface area (Å²) in [6.07, 6.45) is 0. The molecular formula is C54H31BN2O2. The third kappa shape index (κ3) is 4.04. The molecule has 9 aromatic carbocycles. The molecule has 59 heavy (non-hydrogen) atoms. The van der Waals surface area contributed by atoms with Crippen molar-refractivity contribution >= 4 is 105 Å². The molecule has 0 atom stereocenters. The van der Waals surface area contributed by atoms with E-state index in [1.54, 1.807) is 0 Å². The van der Waals surface area contributed by atoms with Crippen LogP contribution in [0, 0.1) is 0 Å². The molecule has 4 nitrogen and oxygen atoms in total. The molecule has 5 heteroatoms. The van der Waals surface area contributed by atoms with Crippen molar-refractivity contribution in [3.8, 4) is 27.9 Å². The van der Waals surface area contributed by atoms with E-state index in [4.69, 9.17) is 8.83 Å². The van der Waals surface area contributed by atoms with E-state index in [0.29, 0.717) is 0 Å². The molecular weight excluding hydrogens is 719 g/mol. The van der Waals surface area contributed by atoms with E-state index in [1.165, 1.54) is 55.0 Å². The van der Waals surface area contributed by atoms with Gasteiger partial charge < -0.3 is 17.9 Å². The molecule has 1 aliphatic rings. The van der Waals surface area contributed by atoms with Gasteiger partial charge in [-0.2, -0.15) is 0 Å². The van der Waals surface area contributed by atoms with Gasteiger partial charge in [-0.15, -0.1) is 0 Å².